The van der Waals surface area contributed by atoms with E-state index in [0.29, 0.717) is 17.1 Å². The topological polar surface area (TPSA) is 55.2 Å². The van der Waals surface area contributed by atoms with Gasteiger partial charge < -0.3 is 9.84 Å². The molecule has 0 spiro atoms. The van der Waals surface area contributed by atoms with Gasteiger partial charge in [-0.05, 0) is 19.1 Å². The highest BCUT2D eigenvalue weighted by Crippen LogP contribution is 2.39. The monoisotopic (exact) mass is 214 g/mol. The second-order valence-corrected chi connectivity index (χ2v) is 3.69. The van der Waals surface area contributed by atoms with Crippen LogP contribution in [-0.4, -0.2) is 15.1 Å². The number of aryl methyl sites for hydroxylation is 1. The van der Waals surface area contributed by atoms with E-state index in [9.17, 15) is 5.11 Å². The molecule has 0 saturated heterocycles. The number of hydrogen-bond acceptors (Lipinski definition) is 4. The zero-order valence-corrected chi connectivity index (χ0v) is 8.71. The summed E-state index contributed by atoms with van der Waals surface area (Å²) < 4.78 is 5.37. The van der Waals surface area contributed by atoms with Gasteiger partial charge in [0.15, 0.2) is 0 Å². The lowest BCUT2D eigenvalue weighted by Crippen LogP contribution is -2.15. The minimum Gasteiger partial charge on any atom is -0.460 e. The number of aliphatic hydroxyl groups excluding tert-OH is 1. The van der Waals surface area contributed by atoms with E-state index < -0.39 is 6.29 Å². The third-order valence-corrected chi connectivity index (χ3v) is 2.58. The van der Waals surface area contributed by atoms with Crippen LogP contribution >= 0.6 is 0 Å². The van der Waals surface area contributed by atoms with Crippen molar-refractivity contribution in [2.24, 2.45) is 0 Å². The largest absolute Gasteiger partial charge is 0.460 e. The van der Waals surface area contributed by atoms with Crippen LogP contribution in [-0.2, 0) is 0 Å². The lowest BCUT2D eigenvalue weighted by atomic mass is 10.0. The Morgan fingerprint density at radius 3 is 3.00 bits per heavy atom. The van der Waals surface area contributed by atoms with E-state index in [4.69, 9.17) is 4.74 Å². The predicted octanol–water partition coefficient (Wildman–Crippen LogP) is 1.84. The van der Waals surface area contributed by atoms with Crippen LogP contribution in [0.2, 0.25) is 0 Å². The van der Waals surface area contributed by atoms with Gasteiger partial charge in [0, 0.05) is 11.8 Å². The molecule has 4 nitrogen and oxygen atoms in total. The average Bonchev–Trinajstić information content (AvgIpc) is 2.29. The number of ether oxygens (including phenoxy) is 1. The Morgan fingerprint density at radius 2 is 2.12 bits per heavy atom. The Balaban J connectivity index is 2.30. The van der Waals surface area contributed by atoms with Crippen LogP contribution in [0, 0.1) is 6.92 Å². The van der Waals surface area contributed by atoms with E-state index in [2.05, 4.69) is 9.97 Å². The van der Waals surface area contributed by atoms with Crippen molar-refractivity contribution < 1.29 is 9.84 Å². The molecule has 1 aliphatic rings. The van der Waals surface area contributed by atoms with Crippen LogP contribution in [0.1, 0.15) is 17.7 Å². The summed E-state index contributed by atoms with van der Waals surface area (Å²) in [5.41, 5.74) is 2.26. The average molecular weight is 214 g/mol. The normalized spacial score (nSPS) is 17.2. The van der Waals surface area contributed by atoms with Crippen LogP contribution in [0.25, 0.3) is 11.3 Å². The molecule has 0 fully saturated rings. The minimum absolute atomic E-state index is 0.615. The van der Waals surface area contributed by atoms with Crippen LogP contribution in [0.15, 0.2) is 30.5 Å². The van der Waals surface area contributed by atoms with Gasteiger partial charge in [-0.25, -0.2) is 9.97 Å². The maximum Gasteiger partial charge on any atom is 0.227 e. The van der Waals surface area contributed by atoms with E-state index in [1.165, 1.54) is 0 Å². The van der Waals surface area contributed by atoms with Crippen molar-refractivity contribution in [3.05, 3.63) is 41.9 Å². The van der Waals surface area contributed by atoms with Gasteiger partial charge in [-0.2, -0.15) is 0 Å². The molecule has 3 rings (SSSR count). The van der Waals surface area contributed by atoms with Gasteiger partial charge in [-0.3, -0.25) is 0 Å². The molecule has 1 N–H and O–H groups in total. The molecule has 0 saturated carbocycles. The van der Waals surface area contributed by atoms with Gasteiger partial charge in [-0.15, -0.1) is 0 Å². The highest BCUT2D eigenvalue weighted by Gasteiger charge is 2.25. The lowest BCUT2D eigenvalue weighted by Gasteiger charge is -2.23. The Labute approximate surface area is 92.6 Å². The number of nitrogens with zero attached hydrogens (tertiary/aromatic N) is 2. The first-order valence-corrected chi connectivity index (χ1v) is 5.03. The van der Waals surface area contributed by atoms with Gasteiger partial charge in [0.05, 0.1) is 11.3 Å². The molecule has 0 radical (unpaired) electrons. The maximum absolute atomic E-state index is 9.80. The van der Waals surface area contributed by atoms with E-state index >= 15 is 0 Å². The second kappa shape index (κ2) is 3.28. The third kappa shape index (κ3) is 1.27. The lowest BCUT2D eigenvalue weighted by molar-refractivity contribution is -0.0219. The number of rotatable bonds is 0. The summed E-state index contributed by atoms with van der Waals surface area (Å²) >= 11 is 0. The number of aliphatic hydroxyl groups is 1. The zero-order valence-electron chi connectivity index (χ0n) is 8.71. The molecule has 1 aromatic carbocycles. The quantitative estimate of drug-likeness (QED) is 0.727. The van der Waals surface area contributed by atoms with Crippen molar-refractivity contribution in [3.8, 4) is 17.0 Å². The molecule has 0 amide bonds. The first kappa shape index (κ1) is 9.30. The summed E-state index contributed by atoms with van der Waals surface area (Å²) in [5, 5.41) is 9.80. The Hall–Kier alpha value is -1.94. The predicted molar refractivity (Wildman–Crippen MR) is 57.8 cm³/mol. The summed E-state index contributed by atoms with van der Waals surface area (Å²) in [6, 6.07) is 7.52. The minimum atomic E-state index is -0.981. The Bertz CT molecular complexity index is 554. The van der Waals surface area contributed by atoms with Crippen molar-refractivity contribution >= 4 is 0 Å². The van der Waals surface area contributed by atoms with Crippen molar-refractivity contribution in [2.75, 3.05) is 0 Å². The summed E-state index contributed by atoms with van der Waals surface area (Å²) in [6.07, 6.45) is 0.628. The molecule has 2 heterocycles. The molecule has 2 aromatic rings. The number of benzene rings is 1. The standard InChI is InChI=1S/C12H10N2O2/c1-7-13-6-9-11(14-7)8-4-2-3-5-10(8)16-12(9)15/h2-6,12,15H,1H3. The van der Waals surface area contributed by atoms with Gasteiger partial charge >= 0.3 is 0 Å². The van der Waals surface area contributed by atoms with Crippen molar-refractivity contribution in [1.82, 2.24) is 9.97 Å². The zero-order chi connectivity index (χ0) is 11.1. The molecule has 16 heavy (non-hydrogen) atoms. The highest BCUT2D eigenvalue weighted by atomic mass is 16.6. The SMILES string of the molecule is Cc1ncc2c(n1)-c1ccccc1OC2O. The molecule has 1 aromatic heterocycles. The van der Waals surface area contributed by atoms with Crippen molar-refractivity contribution in [1.29, 1.82) is 0 Å². The van der Waals surface area contributed by atoms with E-state index in [-0.39, 0.29) is 0 Å². The molecular weight excluding hydrogens is 204 g/mol. The first-order chi connectivity index (χ1) is 7.75. The summed E-state index contributed by atoms with van der Waals surface area (Å²) in [4.78, 5) is 8.42. The highest BCUT2D eigenvalue weighted by molar-refractivity contribution is 5.71. The van der Waals surface area contributed by atoms with Crippen LogP contribution in [0.4, 0.5) is 0 Å². The van der Waals surface area contributed by atoms with Gasteiger partial charge in [0.1, 0.15) is 11.6 Å². The molecular formula is C12H10N2O2. The summed E-state index contributed by atoms with van der Waals surface area (Å²) in [6.45, 7) is 1.82. The number of hydrogen-bond donors (Lipinski definition) is 1. The van der Waals surface area contributed by atoms with E-state index in [0.717, 1.165) is 11.3 Å². The molecule has 0 bridgehead atoms. The maximum atomic E-state index is 9.80. The van der Waals surface area contributed by atoms with Crippen LogP contribution in [0.3, 0.4) is 0 Å². The number of fused-ring (bicyclic) bond motifs is 3. The molecule has 4 heteroatoms. The second-order valence-electron chi connectivity index (χ2n) is 3.69. The van der Waals surface area contributed by atoms with Crippen molar-refractivity contribution in [2.45, 2.75) is 13.2 Å². The molecule has 1 atom stereocenters. The van der Waals surface area contributed by atoms with Gasteiger partial charge in [0.2, 0.25) is 6.29 Å². The van der Waals surface area contributed by atoms with Gasteiger partial charge in [0.25, 0.3) is 0 Å². The fourth-order valence-corrected chi connectivity index (χ4v) is 1.82. The Kier molecular flexibility index (Phi) is 1.91. The first-order valence-electron chi connectivity index (χ1n) is 5.03. The number of para-hydroxylation sites is 1. The smallest absolute Gasteiger partial charge is 0.227 e. The summed E-state index contributed by atoms with van der Waals surface area (Å²) in [5.74, 6) is 1.34. The summed E-state index contributed by atoms with van der Waals surface area (Å²) in [7, 11) is 0. The molecule has 0 aliphatic carbocycles. The Morgan fingerprint density at radius 1 is 1.31 bits per heavy atom. The fraction of sp³-hybridized carbons (Fsp3) is 0.167. The van der Waals surface area contributed by atoms with Crippen molar-refractivity contribution in [3.63, 3.8) is 0 Å². The van der Waals surface area contributed by atoms with Crippen LogP contribution in [0.5, 0.6) is 5.75 Å². The van der Waals surface area contributed by atoms with E-state index in [1.807, 2.05) is 31.2 Å². The molecule has 80 valence electrons. The number of aromatic nitrogens is 2. The van der Waals surface area contributed by atoms with Crippen LogP contribution < -0.4 is 4.74 Å². The fourth-order valence-electron chi connectivity index (χ4n) is 1.82. The van der Waals surface area contributed by atoms with Gasteiger partial charge in [-0.1, -0.05) is 12.1 Å². The molecule has 1 unspecified atom stereocenters. The third-order valence-electron chi connectivity index (χ3n) is 2.58. The molecule has 1 aliphatic heterocycles. The van der Waals surface area contributed by atoms with E-state index in [1.54, 1.807) is 6.20 Å².